The van der Waals surface area contributed by atoms with Crippen LogP contribution in [-0.2, 0) is 4.79 Å². The maximum Gasteiger partial charge on any atom is 0.391 e. The van der Waals surface area contributed by atoms with Crippen LogP contribution in [-0.4, -0.2) is 47.5 Å². The fourth-order valence-electron chi connectivity index (χ4n) is 2.91. The van der Waals surface area contributed by atoms with Crippen molar-refractivity contribution in [1.29, 1.82) is 0 Å². The maximum absolute atomic E-state index is 12.6. The number of piperidine rings is 1. The van der Waals surface area contributed by atoms with Gasteiger partial charge in [0.2, 0.25) is 5.91 Å². The Bertz CT molecular complexity index is 348. The zero-order valence-corrected chi connectivity index (χ0v) is 12.2. The van der Waals surface area contributed by atoms with Crippen LogP contribution in [0.1, 0.15) is 32.6 Å². The molecule has 2 aliphatic rings. The molecular formula is C13H20ClF3N2O. The van der Waals surface area contributed by atoms with Crippen LogP contribution in [0.2, 0.25) is 0 Å². The third kappa shape index (κ3) is 3.79. The lowest BCUT2D eigenvalue weighted by molar-refractivity contribution is -0.187. The normalized spacial score (nSPS) is 30.6. The zero-order valence-electron chi connectivity index (χ0n) is 11.4. The number of carbonyl (C=O) groups excluding carboxylic acids is 1. The van der Waals surface area contributed by atoms with Crippen LogP contribution in [0, 0.1) is 5.92 Å². The van der Waals surface area contributed by atoms with Gasteiger partial charge in [-0.3, -0.25) is 4.79 Å². The van der Waals surface area contributed by atoms with Crippen molar-refractivity contribution >= 4 is 17.5 Å². The summed E-state index contributed by atoms with van der Waals surface area (Å²) >= 11 is 5.67. The number of nitrogens with zero attached hydrogens (tertiary/aromatic N) is 1. The predicted molar refractivity (Wildman–Crippen MR) is 70.6 cm³/mol. The van der Waals surface area contributed by atoms with Crippen LogP contribution in [0.25, 0.3) is 0 Å². The summed E-state index contributed by atoms with van der Waals surface area (Å²) in [6, 6.07) is 0.425. The van der Waals surface area contributed by atoms with Gasteiger partial charge in [-0.05, 0) is 45.7 Å². The highest BCUT2D eigenvalue weighted by atomic mass is 35.5. The molecule has 2 fully saturated rings. The van der Waals surface area contributed by atoms with Crippen molar-refractivity contribution in [2.75, 3.05) is 13.1 Å². The number of likely N-dealkylation sites (tertiary alicyclic amines) is 1. The lowest BCUT2D eigenvalue weighted by Crippen LogP contribution is -2.56. The first-order valence-corrected chi connectivity index (χ1v) is 7.46. The van der Waals surface area contributed by atoms with Crippen LogP contribution in [0.15, 0.2) is 0 Å². The number of nitrogens with one attached hydrogen (secondary N) is 1. The average Bonchev–Trinajstić information content (AvgIpc) is 2.32. The lowest BCUT2D eigenvalue weighted by Gasteiger charge is -2.46. The molecule has 3 nitrogen and oxygen atoms in total. The summed E-state index contributed by atoms with van der Waals surface area (Å²) < 4.78 is 37.7. The zero-order chi connectivity index (χ0) is 14.9. The van der Waals surface area contributed by atoms with Gasteiger partial charge in [0.15, 0.2) is 0 Å². The number of amides is 1. The van der Waals surface area contributed by atoms with Crippen molar-refractivity contribution in [3.8, 4) is 0 Å². The SMILES string of the molecule is CC(Cl)C(=O)NC1CC(N2CCC(C(F)(F)F)CC2)C1. The molecule has 1 aliphatic heterocycles. The number of halogens is 4. The minimum atomic E-state index is -4.06. The monoisotopic (exact) mass is 312 g/mol. The second-order valence-electron chi connectivity index (χ2n) is 5.80. The summed E-state index contributed by atoms with van der Waals surface area (Å²) in [5.74, 6) is -1.32. The first kappa shape index (κ1) is 15.9. The predicted octanol–water partition coefficient (Wildman–Crippen LogP) is 2.54. The van der Waals surface area contributed by atoms with Crippen LogP contribution in [0.5, 0.6) is 0 Å². The fraction of sp³-hybridized carbons (Fsp3) is 0.923. The van der Waals surface area contributed by atoms with Gasteiger partial charge in [0.25, 0.3) is 0 Å². The van der Waals surface area contributed by atoms with Crippen molar-refractivity contribution in [1.82, 2.24) is 10.2 Å². The van der Waals surface area contributed by atoms with Crippen molar-refractivity contribution < 1.29 is 18.0 Å². The molecule has 116 valence electrons. The van der Waals surface area contributed by atoms with E-state index in [4.69, 9.17) is 11.6 Å². The smallest absolute Gasteiger partial charge is 0.352 e. The van der Waals surface area contributed by atoms with Gasteiger partial charge in [-0.2, -0.15) is 13.2 Å². The van der Waals surface area contributed by atoms with E-state index < -0.39 is 17.5 Å². The number of hydrogen-bond acceptors (Lipinski definition) is 2. The molecule has 0 aromatic carbocycles. The highest BCUT2D eigenvalue weighted by Crippen LogP contribution is 2.36. The molecule has 0 radical (unpaired) electrons. The Labute approximate surface area is 121 Å². The summed E-state index contributed by atoms with van der Waals surface area (Å²) in [6.07, 6.45) is -2.05. The Balaban J connectivity index is 1.69. The molecule has 1 saturated heterocycles. The Hall–Kier alpha value is -0.490. The van der Waals surface area contributed by atoms with Crippen molar-refractivity contribution in [3.05, 3.63) is 0 Å². The number of rotatable bonds is 3. The summed E-state index contributed by atoms with van der Waals surface area (Å²) in [7, 11) is 0. The van der Waals surface area contributed by atoms with Gasteiger partial charge in [0, 0.05) is 12.1 Å². The molecule has 1 unspecified atom stereocenters. The molecule has 20 heavy (non-hydrogen) atoms. The number of carbonyl (C=O) groups is 1. The van der Waals surface area contributed by atoms with Crippen LogP contribution in [0.3, 0.4) is 0 Å². The Kier molecular flexibility index (Phi) is 4.84. The maximum atomic E-state index is 12.6. The van der Waals surface area contributed by atoms with Crippen LogP contribution < -0.4 is 5.32 Å². The Morgan fingerprint density at radius 3 is 2.30 bits per heavy atom. The number of alkyl halides is 4. The molecule has 2 rings (SSSR count). The second-order valence-corrected chi connectivity index (χ2v) is 6.45. The third-order valence-corrected chi connectivity index (χ3v) is 4.53. The first-order valence-electron chi connectivity index (χ1n) is 7.02. The minimum Gasteiger partial charge on any atom is -0.352 e. The second kappa shape index (κ2) is 6.10. The minimum absolute atomic E-state index is 0.119. The van der Waals surface area contributed by atoms with Gasteiger partial charge in [-0.1, -0.05) is 0 Å². The molecule has 1 heterocycles. The topological polar surface area (TPSA) is 32.3 Å². The third-order valence-electron chi connectivity index (χ3n) is 4.33. The van der Waals surface area contributed by atoms with Gasteiger partial charge in [-0.15, -0.1) is 11.6 Å². The van der Waals surface area contributed by atoms with Gasteiger partial charge < -0.3 is 10.2 Å². The Morgan fingerprint density at radius 1 is 1.30 bits per heavy atom. The van der Waals surface area contributed by atoms with E-state index in [1.165, 1.54) is 0 Å². The van der Waals surface area contributed by atoms with E-state index in [9.17, 15) is 18.0 Å². The van der Waals surface area contributed by atoms with E-state index in [0.717, 1.165) is 12.8 Å². The molecule has 1 N–H and O–H groups in total. The summed E-state index contributed by atoms with van der Waals surface area (Å²) in [6.45, 7) is 2.62. The molecule has 7 heteroatoms. The largest absolute Gasteiger partial charge is 0.391 e. The van der Waals surface area contributed by atoms with E-state index in [-0.39, 0.29) is 24.8 Å². The standard InChI is InChI=1S/C13H20ClF3N2O/c1-8(14)12(20)18-10-6-11(7-10)19-4-2-9(3-5-19)13(15,16)17/h8-11H,2-7H2,1H3,(H,18,20). The molecule has 0 aromatic heterocycles. The van der Waals surface area contributed by atoms with E-state index in [0.29, 0.717) is 19.1 Å². The van der Waals surface area contributed by atoms with Crippen LogP contribution in [0.4, 0.5) is 13.2 Å². The first-order chi connectivity index (χ1) is 9.27. The van der Waals surface area contributed by atoms with E-state index in [1.807, 2.05) is 0 Å². The van der Waals surface area contributed by atoms with Crippen LogP contribution >= 0.6 is 11.6 Å². The van der Waals surface area contributed by atoms with Crippen molar-refractivity contribution in [2.24, 2.45) is 5.92 Å². The van der Waals surface area contributed by atoms with Gasteiger partial charge >= 0.3 is 6.18 Å². The average molecular weight is 313 g/mol. The summed E-state index contributed by atoms with van der Waals surface area (Å²) in [5, 5.41) is 2.30. The highest BCUT2D eigenvalue weighted by molar-refractivity contribution is 6.30. The molecule has 1 saturated carbocycles. The molecule has 1 amide bonds. The molecular weight excluding hydrogens is 293 g/mol. The number of hydrogen-bond donors (Lipinski definition) is 1. The molecule has 1 aliphatic carbocycles. The highest BCUT2D eigenvalue weighted by Gasteiger charge is 2.43. The van der Waals surface area contributed by atoms with Crippen molar-refractivity contribution in [2.45, 2.75) is 56.2 Å². The molecule has 1 atom stereocenters. The molecule has 0 bridgehead atoms. The molecule has 0 spiro atoms. The van der Waals surface area contributed by atoms with Crippen molar-refractivity contribution in [3.63, 3.8) is 0 Å². The fourth-order valence-corrected chi connectivity index (χ4v) is 2.97. The van der Waals surface area contributed by atoms with E-state index in [1.54, 1.807) is 6.92 Å². The van der Waals surface area contributed by atoms with E-state index >= 15 is 0 Å². The molecule has 0 aromatic rings. The summed E-state index contributed by atoms with van der Waals surface area (Å²) in [4.78, 5) is 13.5. The Morgan fingerprint density at radius 2 is 1.85 bits per heavy atom. The quantitative estimate of drug-likeness (QED) is 0.812. The van der Waals surface area contributed by atoms with E-state index in [2.05, 4.69) is 10.2 Å². The lowest BCUT2D eigenvalue weighted by atomic mass is 9.83. The van der Waals surface area contributed by atoms with Gasteiger partial charge in [-0.25, -0.2) is 0 Å². The summed E-state index contributed by atoms with van der Waals surface area (Å²) in [5.41, 5.74) is 0. The van der Waals surface area contributed by atoms with Gasteiger partial charge in [0.1, 0.15) is 5.38 Å². The van der Waals surface area contributed by atoms with Gasteiger partial charge in [0.05, 0.1) is 5.92 Å².